The molecule has 0 unspecified atom stereocenters. The Bertz CT molecular complexity index is 1210. The third-order valence-corrected chi connectivity index (χ3v) is 6.09. The Labute approximate surface area is 175 Å². The lowest BCUT2D eigenvalue weighted by Crippen LogP contribution is -2.23. The average Bonchev–Trinajstić information content (AvgIpc) is 3.53. The first-order valence-corrected chi connectivity index (χ1v) is 11.1. The van der Waals surface area contributed by atoms with E-state index in [0.717, 1.165) is 5.56 Å². The molecule has 3 aromatic heterocycles. The minimum absolute atomic E-state index is 0.0178. The number of esters is 1. The van der Waals surface area contributed by atoms with Crippen LogP contribution in [0.15, 0.2) is 73.3 Å². The first-order chi connectivity index (χ1) is 14.5. The minimum Gasteiger partial charge on any atom is -0.468 e. The number of sulfonamides is 1. The molecule has 0 atom stereocenters. The van der Waals surface area contributed by atoms with E-state index in [1.165, 1.54) is 41.9 Å². The lowest BCUT2D eigenvalue weighted by Gasteiger charge is -2.06. The van der Waals surface area contributed by atoms with Gasteiger partial charge in [0.25, 0.3) is 5.89 Å². The monoisotopic (exact) mass is 445 g/mol. The van der Waals surface area contributed by atoms with Gasteiger partial charge in [0.2, 0.25) is 15.8 Å². The Kier molecular flexibility index (Phi) is 5.74. The van der Waals surface area contributed by atoms with Crippen molar-refractivity contribution in [1.29, 1.82) is 0 Å². The van der Waals surface area contributed by atoms with Crippen molar-refractivity contribution < 1.29 is 26.9 Å². The number of benzene rings is 1. The fourth-order valence-corrected chi connectivity index (χ4v) is 4.09. The molecule has 0 radical (unpaired) electrons. The molecule has 0 saturated heterocycles. The van der Waals surface area contributed by atoms with Crippen molar-refractivity contribution in [3.05, 3.63) is 76.6 Å². The van der Waals surface area contributed by atoms with E-state index < -0.39 is 16.0 Å². The number of thiophene rings is 1. The Hall–Kier alpha value is -3.28. The summed E-state index contributed by atoms with van der Waals surface area (Å²) in [5.74, 6) is 0.427. The number of rotatable bonds is 8. The van der Waals surface area contributed by atoms with Gasteiger partial charge in [-0.05, 0) is 47.8 Å². The third-order valence-electron chi connectivity index (χ3n) is 3.99. The van der Waals surface area contributed by atoms with Crippen molar-refractivity contribution in [2.45, 2.75) is 18.0 Å². The Balaban J connectivity index is 1.34. The fraction of sp³-hybridized carbons (Fsp3) is 0.105. The number of nitrogens with zero attached hydrogens (tertiary/aromatic N) is 2. The van der Waals surface area contributed by atoms with Gasteiger partial charge in [-0.1, -0.05) is 5.16 Å². The number of aromatic nitrogens is 2. The molecular formula is C19H15N3O6S2. The van der Waals surface area contributed by atoms with E-state index in [1.54, 1.807) is 12.1 Å². The highest BCUT2D eigenvalue weighted by atomic mass is 32.2. The maximum absolute atomic E-state index is 12.3. The predicted octanol–water partition coefficient (Wildman–Crippen LogP) is 3.23. The maximum Gasteiger partial charge on any atom is 0.338 e. The molecule has 11 heteroatoms. The zero-order valence-electron chi connectivity index (χ0n) is 15.3. The van der Waals surface area contributed by atoms with Crippen LogP contribution in [-0.4, -0.2) is 24.5 Å². The van der Waals surface area contributed by atoms with Gasteiger partial charge in [0.1, 0.15) is 5.76 Å². The zero-order valence-corrected chi connectivity index (χ0v) is 17.0. The van der Waals surface area contributed by atoms with Crippen LogP contribution in [0, 0.1) is 0 Å². The van der Waals surface area contributed by atoms with Crippen molar-refractivity contribution in [3.8, 4) is 11.5 Å². The molecule has 3 heterocycles. The second-order valence-electron chi connectivity index (χ2n) is 6.03. The lowest BCUT2D eigenvalue weighted by atomic mass is 10.2. The van der Waals surface area contributed by atoms with E-state index in [0.29, 0.717) is 11.7 Å². The van der Waals surface area contributed by atoms with Crippen LogP contribution in [0.25, 0.3) is 11.5 Å². The molecule has 0 spiro atoms. The number of ether oxygens (including phenoxy) is 1. The van der Waals surface area contributed by atoms with Gasteiger partial charge >= 0.3 is 5.97 Å². The van der Waals surface area contributed by atoms with Crippen molar-refractivity contribution in [2.24, 2.45) is 0 Å². The second kappa shape index (κ2) is 8.61. The molecule has 1 aromatic carbocycles. The molecule has 4 rings (SSSR count). The van der Waals surface area contributed by atoms with Crippen LogP contribution in [0.1, 0.15) is 21.9 Å². The summed E-state index contributed by atoms with van der Waals surface area (Å²) in [5.41, 5.74) is 0.990. The molecule has 0 fully saturated rings. The summed E-state index contributed by atoms with van der Waals surface area (Å²) in [7, 11) is -3.75. The molecular weight excluding hydrogens is 430 g/mol. The second-order valence-corrected chi connectivity index (χ2v) is 8.58. The number of carbonyl (C=O) groups is 1. The van der Waals surface area contributed by atoms with Crippen molar-refractivity contribution in [1.82, 2.24) is 14.9 Å². The van der Waals surface area contributed by atoms with Gasteiger partial charge < -0.3 is 13.7 Å². The largest absolute Gasteiger partial charge is 0.468 e. The molecule has 4 aromatic rings. The number of hydrogen-bond acceptors (Lipinski definition) is 9. The highest BCUT2D eigenvalue weighted by Crippen LogP contribution is 2.20. The number of furan rings is 1. The molecule has 0 aliphatic carbocycles. The van der Waals surface area contributed by atoms with Crippen LogP contribution in [0.3, 0.4) is 0 Å². The van der Waals surface area contributed by atoms with Gasteiger partial charge in [-0.25, -0.2) is 17.9 Å². The van der Waals surface area contributed by atoms with E-state index in [1.807, 2.05) is 16.8 Å². The number of hydrogen-bond donors (Lipinski definition) is 1. The van der Waals surface area contributed by atoms with Crippen LogP contribution >= 0.6 is 11.3 Å². The first kappa shape index (κ1) is 20.0. The van der Waals surface area contributed by atoms with Gasteiger partial charge in [-0.3, -0.25) is 0 Å². The van der Waals surface area contributed by atoms with Gasteiger partial charge in [0, 0.05) is 5.38 Å². The van der Waals surface area contributed by atoms with Crippen molar-refractivity contribution >= 4 is 27.3 Å². The highest BCUT2D eigenvalue weighted by molar-refractivity contribution is 7.89. The maximum atomic E-state index is 12.3. The summed E-state index contributed by atoms with van der Waals surface area (Å²) in [5, 5.41) is 7.52. The van der Waals surface area contributed by atoms with Crippen LogP contribution in [0.2, 0.25) is 0 Å². The summed E-state index contributed by atoms with van der Waals surface area (Å²) >= 11 is 1.50. The third kappa shape index (κ3) is 4.64. The smallest absolute Gasteiger partial charge is 0.338 e. The van der Waals surface area contributed by atoms with Crippen LogP contribution < -0.4 is 4.72 Å². The fourth-order valence-electron chi connectivity index (χ4n) is 2.46. The standard InChI is InChI=1S/C19H15N3O6S2/c23-19(27-11-17-21-18(28-22-17)14-7-9-29-12-14)13-3-5-16(6-4-13)30(24,25)20-10-15-2-1-8-26-15/h1-9,12,20H,10-11H2. The Morgan fingerprint density at radius 1 is 1.17 bits per heavy atom. The van der Waals surface area contributed by atoms with Crippen molar-refractivity contribution in [3.63, 3.8) is 0 Å². The first-order valence-electron chi connectivity index (χ1n) is 8.66. The Morgan fingerprint density at radius 3 is 2.70 bits per heavy atom. The predicted molar refractivity (Wildman–Crippen MR) is 106 cm³/mol. The van der Waals surface area contributed by atoms with Gasteiger partial charge in [-0.2, -0.15) is 16.3 Å². The summed E-state index contributed by atoms with van der Waals surface area (Å²) < 4.78 is 42.5. The quantitative estimate of drug-likeness (QED) is 0.410. The van der Waals surface area contributed by atoms with Gasteiger partial charge in [0.15, 0.2) is 6.61 Å². The molecule has 154 valence electrons. The van der Waals surface area contributed by atoms with E-state index in [9.17, 15) is 13.2 Å². The molecule has 1 N–H and O–H groups in total. The molecule has 0 aliphatic heterocycles. The molecule has 0 bridgehead atoms. The molecule has 0 saturated carbocycles. The lowest BCUT2D eigenvalue weighted by molar-refractivity contribution is 0.0459. The summed E-state index contributed by atoms with van der Waals surface area (Å²) in [6.45, 7) is -0.144. The normalized spacial score (nSPS) is 11.5. The zero-order chi connectivity index (χ0) is 21.0. The topological polar surface area (TPSA) is 125 Å². The summed E-state index contributed by atoms with van der Waals surface area (Å²) in [6.07, 6.45) is 1.46. The highest BCUT2D eigenvalue weighted by Gasteiger charge is 2.17. The molecule has 30 heavy (non-hydrogen) atoms. The van der Waals surface area contributed by atoms with Crippen LogP contribution in [-0.2, 0) is 27.9 Å². The van der Waals surface area contributed by atoms with E-state index >= 15 is 0 Å². The minimum atomic E-state index is -3.75. The van der Waals surface area contributed by atoms with Gasteiger partial charge in [-0.15, -0.1) is 0 Å². The van der Waals surface area contributed by atoms with Crippen LogP contribution in [0.4, 0.5) is 0 Å². The van der Waals surface area contributed by atoms with Crippen molar-refractivity contribution in [2.75, 3.05) is 0 Å². The summed E-state index contributed by atoms with van der Waals surface area (Å²) in [4.78, 5) is 16.4. The Morgan fingerprint density at radius 2 is 2.00 bits per heavy atom. The van der Waals surface area contributed by atoms with E-state index in [4.69, 9.17) is 13.7 Å². The van der Waals surface area contributed by atoms with E-state index in [2.05, 4.69) is 14.9 Å². The summed E-state index contributed by atoms with van der Waals surface area (Å²) in [6, 6.07) is 10.6. The van der Waals surface area contributed by atoms with Gasteiger partial charge in [0.05, 0.1) is 28.8 Å². The molecule has 0 aliphatic rings. The molecule has 0 amide bonds. The average molecular weight is 445 g/mol. The number of carbonyl (C=O) groups excluding carboxylic acids is 1. The SMILES string of the molecule is O=C(OCc1noc(-c2ccsc2)n1)c1ccc(S(=O)(=O)NCc2ccco2)cc1. The molecule has 9 nitrogen and oxygen atoms in total. The van der Waals surface area contributed by atoms with Crippen LogP contribution in [0.5, 0.6) is 0 Å². The van der Waals surface area contributed by atoms with E-state index in [-0.39, 0.29) is 29.4 Å². The number of nitrogens with one attached hydrogen (secondary N) is 1.